The van der Waals surface area contributed by atoms with Gasteiger partial charge in [0.1, 0.15) is 30.2 Å². The predicted molar refractivity (Wildman–Crippen MR) is 199 cm³/mol. The number of nitrogens with one attached hydrogen (secondary N) is 6. The van der Waals surface area contributed by atoms with E-state index in [9.17, 15) is 33.9 Å². The first-order valence-corrected chi connectivity index (χ1v) is 17.6. The maximum absolute atomic E-state index is 13.6. The third-order valence-corrected chi connectivity index (χ3v) is 8.09. The Bertz CT molecular complexity index is 1320. The fraction of sp³-hybridized carbons (Fsp3) is 0.710. The van der Waals surface area contributed by atoms with Crippen LogP contribution in [0.25, 0.3) is 0 Å². The van der Waals surface area contributed by atoms with Crippen molar-refractivity contribution in [1.82, 2.24) is 31.9 Å². The van der Waals surface area contributed by atoms with Crippen LogP contribution in [-0.2, 0) is 28.8 Å². The second-order valence-corrected chi connectivity index (χ2v) is 13.0. The van der Waals surface area contributed by atoms with Crippen LogP contribution in [0.2, 0.25) is 0 Å². The zero-order chi connectivity index (χ0) is 40.1. The van der Waals surface area contributed by atoms with Gasteiger partial charge >= 0.3 is 5.97 Å². The monoisotopic (exact) mass is 753 g/mol. The maximum Gasteiger partial charge on any atom is 0.326 e. The van der Waals surface area contributed by atoms with Crippen molar-refractivity contribution < 1.29 is 33.9 Å². The number of nitrogens with two attached hydrogens (primary N) is 6. The predicted octanol–water partition coefficient (Wildman–Crippen LogP) is -4.92. The molecule has 5 amide bonds. The lowest BCUT2D eigenvalue weighted by Crippen LogP contribution is -2.59. The van der Waals surface area contributed by atoms with Gasteiger partial charge in [0.2, 0.25) is 29.5 Å². The van der Waals surface area contributed by atoms with Gasteiger partial charge in [-0.25, -0.2) is 4.79 Å². The van der Waals surface area contributed by atoms with E-state index in [4.69, 9.17) is 34.4 Å². The Morgan fingerprint density at radius 2 is 1.06 bits per heavy atom. The second-order valence-electron chi connectivity index (χ2n) is 13.0. The van der Waals surface area contributed by atoms with E-state index in [0.717, 1.165) is 6.42 Å². The summed E-state index contributed by atoms with van der Waals surface area (Å²) in [4.78, 5) is 90.0. The number of nitrogens with zero attached hydrogens (tertiary/aromatic N) is 3. The molecule has 0 unspecified atom stereocenters. The number of amides is 5. The highest BCUT2D eigenvalue weighted by Gasteiger charge is 2.32. The molecular weight excluding hydrogens is 694 g/mol. The summed E-state index contributed by atoms with van der Waals surface area (Å²) in [6.07, 6.45) is 2.46. The van der Waals surface area contributed by atoms with Gasteiger partial charge in [0.05, 0.1) is 6.04 Å². The summed E-state index contributed by atoms with van der Waals surface area (Å²) in [5, 5.41) is 25.6. The van der Waals surface area contributed by atoms with E-state index >= 15 is 0 Å². The molecule has 0 saturated carbocycles. The van der Waals surface area contributed by atoms with E-state index in [1.54, 1.807) is 13.8 Å². The number of carboxylic acid groups (broad SMARTS) is 1. The molecule has 0 aromatic heterocycles. The summed E-state index contributed by atoms with van der Waals surface area (Å²) in [6, 6.07) is -6.38. The number of carbonyl (C=O) groups is 6. The SMILES string of the molecule is CC(C)[C@H](NC(=O)[C@H](CCCN=C(N)N)NC(=O)[C@H](C)NC(=O)[C@H](CCCN=C(N)N)NC(=O)[C@H](CCCN=C(N)N)NC(=O)[C@@H]1CCCN1)C(=O)O. The first kappa shape index (κ1) is 45.6. The van der Waals surface area contributed by atoms with Gasteiger partial charge < -0.3 is 71.4 Å². The Balaban J connectivity index is 3.16. The average Bonchev–Trinajstić information content (AvgIpc) is 3.62. The van der Waals surface area contributed by atoms with E-state index in [0.29, 0.717) is 19.4 Å². The van der Waals surface area contributed by atoms with Crippen LogP contribution < -0.4 is 66.3 Å². The highest BCUT2D eigenvalue weighted by Crippen LogP contribution is 2.09. The van der Waals surface area contributed by atoms with Gasteiger partial charge in [0.25, 0.3) is 0 Å². The molecule has 0 spiro atoms. The molecule has 0 aromatic carbocycles. The van der Waals surface area contributed by atoms with E-state index < -0.39 is 71.8 Å². The largest absolute Gasteiger partial charge is 0.480 e. The lowest BCUT2D eigenvalue weighted by atomic mass is 10.0. The van der Waals surface area contributed by atoms with Crippen LogP contribution in [0, 0.1) is 5.92 Å². The van der Waals surface area contributed by atoms with Gasteiger partial charge in [-0.1, -0.05) is 13.8 Å². The zero-order valence-electron chi connectivity index (χ0n) is 30.7. The average molecular weight is 754 g/mol. The van der Waals surface area contributed by atoms with Crippen molar-refractivity contribution in [2.45, 2.75) is 108 Å². The van der Waals surface area contributed by atoms with Crippen molar-refractivity contribution in [3.05, 3.63) is 0 Å². The van der Waals surface area contributed by atoms with Crippen molar-refractivity contribution >= 4 is 53.4 Å². The summed E-state index contributed by atoms with van der Waals surface area (Å²) >= 11 is 0. The van der Waals surface area contributed by atoms with Crippen molar-refractivity contribution in [2.75, 3.05) is 26.2 Å². The molecule has 0 aliphatic carbocycles. The topological polar surface area (TPSA) is 388 Å². The molecule has 22 nitrogen and oxygen atoms in total. The normalized spacial score (nSPS) is 16.4. The Kier molecular flexibility index (Phi) is 20.6. The van der Waals surface area contributed by atoms with Crippen LogP contribution in [0.1, 0.15) is 72.1 Å². The molecule has 53 heavy (non-hydrogen) atoms. The minimum atomic E-state index is -1.25. The minimum absolute atomic E-state index is 0.0373. The van der Waals surface area contributed by atoms with E-state index in [1.165, 1.54) is 6.92 Å². The van der Waals surface area contributed by atoms with Crippen LogP contribution >= 0.6 is 0 Å². The number of carboxylic acids is 1. The first-order chi connectivity index (χ1) is 24.9. The summed E-state index contributed by atoms with van der Waals surface area (Å²) in [5.74, 6) is -5.46. The van der Waals surface area contributed by atoms with Crippen molar-refractivity contribution in [2.24, 2.45) is 55.3 Å². The molecule has 22 heteroatoms. The molecule has 6 atom stereocenters. The lowest BCUT2D eigenvalue weighted by molar-refractivity contribution is -0.143. The molecule has 0 aromatic rings. The minimum Gasteiger partial charge on any atom is -0.480 e. The van der Waals surface area contributed by atoms with Crippen LogP contribution in [0.4, 0.5) is 0 Å². The molecule has 1 fully saturated rings. The van der Waals surface area contributed by atoms with Gasteiger partial charge in [-0.15, -0.1) is 0 Å². The third-order valence-electron chi connectivity index (χ3n) is 8.09. The third kappa shape index (κ3) is 18.6. The van der Waals surface area contributed by atoms with E-state index in [-0.39, 0.29) is 75.5 Å². The first-order valence-electron chi connectivity index (χ1n) is 17.6. The fourth-order valence-electron chi connectivity index (χ4n) is 5.21. The number of carbonyl (C=O) groups excluding carboxylic acids is 5. The summed E-state index contributed by atoms with van der Waals surface area (Å²) in [5.41, 5.74) is 32.4. The number of hydrogen-bond acceptors (Lipinski definition) is 10. The highest BCUT2D eigenvalue weighted by molar-refractivity contribution is 5.96. The quantitative estimate of drug-likeness (QED) is 0.0250. The molecule has 1 aliphatic heterocycles. The Morgan fingerprint density at radius 3 is 1.45 bits per heavy atom. The Labute approximate surface area is 308 Å². The molecule has 0 radical (unpaired) electrons. The molecule has 1 heterocycles. The lowest BCUT2D eigenvalue weighted by Gasteiger charge is -2.26. The van der Waals surface area contributed by atoms with Crippen LogP contribution in [-0.4, -0.2) is 121 Å². The summed E-state index contributed by atoms with van der Waals surface area (Å²) < 4.78 is 0. The van der Waals surface area contributed by atoms with Crippen LogP contribution in [0.5, 0.6) is 0 Å². The standard InChI is InChI=1S/C31H59N15O7/c1-16(2)22(28(52)53)46-27(51)21(11-7-15-41-31(36)37)43-23(47)17(3)42-25(49)19(9-5-13-39-29(32)33)45-26(50)20(10-6-14-40-30(34)35)44-24(48)18-8-4-12-38-18/h16-22,38H,4-15H2,1-3H3,(H,42,49)(H,43,47)(H,44,48)(H,45,50)(H,46,51)(H,52,53)(H4,32,33,39)(H4,34,35,40)(H4,36,37,41)/t17-,18-,19-,20-,21-,22-/m0/s1. The number of aliphatic carboxylic acids is 1. The summed E-state index contributed by atoms with van der Waals surface area (Å²) in [6.45, 7) is 5.73. The molecule has 0 bridgehead atoms. The number of aliphatic imine (C=N–C) groups is 3. The second kappa shape index (κ2) is 23.9. The van der Waals surface area contributed by atoms with Gasteiger partial charge in [-0.3, -0.25) is 38.9 Å². The van der Waals surface area contributed by atoms with Gasteiger partial charge in [0.15, 0.2) is 17.9 Å². The van der Waals surface area contributed by atoms with Crippen molar-refractivity contribution in [3.8, 4) is 0 Å². The smallest absolute Gasteiger partial charge is 0.326 e. The van der Waals surface area contributed by atoms with E-state index in [1.807, 2.05) is 0 Å². The maximum atomic E-state index is 13.6. The Morgan fingerprint density at radius 1 is 0.642 bits per heavy atom. The van der Waals surface area contributed by atoms with Crippen LogP contribution in [0.15, 0.2) is 15.0 Å². The summed E-state index contributed by atoms with van der Waals surface area (Å²) in [7, 11) is 0. The highest BCUT2D eigenvalue weighted by atomic mass is 16.4. The van der Waals surface area contributed by atoms with E-state index in [2.05, 4.69) is 46.9 Å². The van der Waals surface area contributed by atoms with Crippen LogP contribution in [0.3, 0.4) is 0 Å². The number of guanidine groups is 3. The van der Waals surface area contributed by atoms with Gasteiger partial charge in [-0.2, -0.15) is 0 Å². The van der Waals surface area contributed by atoms with Gasteiger partial charge in [-0.05, 0) is 70.8 Å². The Hall–Kier alpha value is -5.41. The number of hydrogen-bond donors (Lipinski definition) is 13. The molecular formula is C31H59N15O7. The van der Waals surface area contributed by atoms with Gasteiger partial charge in [0, 0.05) is 19.6 Å². The van der Waals surface area contributed by atoms with Crippen molar-refractivity contribution in [1.29, 1.82) is 0 Å². The zero-order valence-corrected chi connectivity index (χ0v) is 30.7. The molecule has 1 aliphatic rings. The number of rotatable bonds is 24. The molecule has 19 N–H and O–H groups in total. The molecule has 1 saturated heterocycles. The van der Waals surface area contributed by atoms with Crippen molar-refractivity contribution in [3.63, 3.8) is 0 Å². The molecule has 1 rings (SSSR count). The fourth-order valence-corrected chi connectivity index (χ4v) is 5.21. The molecule has 300 valence electrons.